The molecule has 0 aliphatic heterocycles. The fourth-order valence-electron chi connectivity index (χ4n) is 2.16. The van der Waals surface area contributed by atoms with Crippen molar-refractivity contribution in [3.8, 4) is 0 Å². The minimum absolute atomic E-state index is 0.00246. The fraction of sp³-hybridized carbons (Fsp3) is 0. The van der Waals surface area contributed by atoms with E-state index in [4.69, 9.17) is 11.6 Å². The molecule has 0 radical (unpaired) electrons. The summed E-state index contributed by atoms with van der Waals surface area (Å²) in [7, 11) is 0. The summed E-state index contributed by atoms with van der Waals surface area (Å²) in [6, 6.07) is 19.1. The van der Waals surface area contributed by atoms with Crippen LogP contribution in [0.4, 0.5) is 0 Å². The molecule has 0 atom stereocenters. The molecule has 0 saturated carbocycles. The Balaban J connectivity index is 2.10. The highest BCUT2D eigenvalue weighted by atomic mass is 127. The number of rotatable bonds is 2. The van der Waals surface area contributed by atoms with Crippen molar-refractivity contribution in [2.24, 2.45) is 0 Å². The summed E-state index contributed by atoms with van der Waals surface area (Å²) >= 11 is 8.15. The number of hydrogen-bond donors (Lipinski definition) is 0. The van der Waals surface area contributed by atoms with E-state index in [1.807, 2.05) is 48.5 Å². The van der Waals surface area contributed by atoms with Crippen LogP contribution in [0, 0.1) is 3.57 Å². The summed E-state index contributed by atoms with van der Waals surface area (Å²) in [6.07, 6.45) is 0. The molecule has 0 aliphatic carbocycles. The Hall–Kier alpha value is -1.39. The average molecular weight is 393 g/mol. The van der Waals surface area contributed by atoms with Gasteiger partial charge in [-0.2, -0.15) is 0 Å². The molecule has 3 rings (SSSR count). The molecule has 0 fully saturated rings. The molecule has 0 heterocycles. The topological polar surface area (TPSA) is 17.1 Å². The van der Waals surface area contributed by atoms with Gasteiger partial charge in [0.1, 0.15) is 0 Å². The van der Waals surface area contributed by atoms with Crippen LogP contribution in [0.2, 0.25) is 5.02 Å². The fourth-order valence-corrected chi connectivity index (χ4v) is 2.91. The van der Waals surface area contributed by atoms with Gasteiger partial charge in [0.05, 0.1) is 0 Å². The lowest BCUT2D eigenvalue weighted by Crippen LogP contribution is -2.03. The van der Waals surface area contributed by atoms with Crippen molar-refractivity contribution in [1.82, 2.24) is 0 Å². The van der Waals surface area contributed by atoms with Gasteiger partial charge in [-0.1, -0.05) is 48.0 Å². The van der Waals surface area contributed by atoms with E-state index < -0.39 is 0 Å². The third-order valence-electron chi connectivity index (χ3n) is 3.18. The van der Waals surface area contributed by atoms with Crippen LogP contribution < -0.4 is 0 Å². The smallest absolute Gasteiger partial charge is 0.194 e. The van der Waals surface area contributed by atoms with Crippen molar-refractivity contribution in [3.63, 3.8) is 0 Å². The van der Waals surface area contributed by atoms with E-state index in [9.17, 15) is 4.79 Å². The summed E-state index contributed by atoms with van der Waals surface area (Å²) in [6.45, 7) is 0. The Labute approximate surface area is 135 Å². The average Bonchev–Trinajstić information content (AvgIpc) is 2.48. The number of fused-ring (bicyclic) bond motifs is 1. The molecule has 0 bridgehead atoms. The molecule has 3 heteroatoms. The molecule has 0 aromatic heterocycles. The zero-order chi connectivity index (χ0) is 14.1. The third kappa shape index (κ3) is 2.58. The van der Waals surface area contributed by atoms with Crippen molar-refractivity contribution < 1.29 is 4.79 Å². The third-order valence-corrected chi connectivity index (χ3v) is 4.36. The molecule has 3 aromatic carbocycles. The van der Waals surface area contributed by atoms with Crippen molar-refractivity contribution in [3.05, 3.63) is 80.4 Å². The quantitative estimate of drug-likeness (QED) is 0.426. The normalized spacial score (nSPS) is 10.7. The lowest BCUT2D eigenvalue weighted by atomic mass is 10.00. The molecule has 98 valence electrons. The monoisotopic (exact) mass is 392 g/mol. The van der Waals surface area contributed by atoms with Crippen LogP contribution in [0.3, 0.4) is 0 Å². The van der Waals surface area contributed by atoms with E-state index >= 15 is 0 Å². The number of carbonyl (C=O) groups is 1. The van der Waals surface area contributed by atoms with E-state index in [0.29, 0.717) is 16.1 Å². The minimum Gasteiger partial charge on any atom is -0.289 e. The summed E-state index contributed by atoms with van der Waals surface area (Å²) in [5, 5.41) is 2.77. The van der Waals surface area contributed by atoms with E-state index in [2.05, 4.69) is 22.6 Å². The molecule has 3 aromatic rings. The van der Waals surface area contributed by atoms with Crippen molar-refractivity contribution in [2.75, 3.05) is 0 Å². The summed E-state index contributed by atoms with van der Waals surface area (Å²) < 4.78 is 0.908. The van der Waals surface area contributed by atoms with Crippen LogP contribution >= 0.6 is 34.2 Å². The van der Waals surface area contributed by atoms with E-state index in [1.54, 1.807) is 12.1 Å². The van der Waals surface area contributed by atoms with E-state index in [0.717, 1.165) is 14.3 Å². The van der Waals surface area contributed by atoms with Gasteiger partial charge < -0.3 is 0 Å². The Morgan fingerprint density at radius 3 is 2.45 bits per heavy atom. The van der Waals surface area contributed by atoms with E-state index in [-0.39, 0.29) is 5.78 Å². The highest BCUT2D eigenvalue weighted by Gasteiger charge is 2.13. The van der Waals surface area contributed by atoms with Gasteiger partial charge in [0, 0.05) is 19.7 Å². The number of halogens is 2. The number of hydrogen-bond acceptors (Lipinski definition) is 1. The van der Waals surface area contributed by atoms with Crippen molar-refractivity contribution in [1.29, 1.82) is 0 Å². The molecule has 0 N–H and O–H groups in total. The number of ketones is 1. The summed E-state index contributed by atoms with van der Waals surface area (Å²) in [4.78, 5) is 12.6. The second-order valence-corrected chi connectivity index (χ2v) is 6.11. The van der Waals surface area contributed by atoms with Gasteiger partial charge in [0.2, 0.25) is 0 Å². The highest BCUT2D eigenvalue weighted by molar-refractivity contribution is 14.1. The Bertz CT molecular complexity index is 811. The van der Waals surface area contributed by atoms with E-state index in [1.165, 1.54) is 0 Å². The van der Waals surface area contributed by atoms with Crippen LogP contribution in [-0.2, 0) is 0 Å². The molecular formula is C17H10ClIO. The van der Waals surface area contributed by atoms with Crippen LogP contribution in [0.1, 0.15) is 15.9 Å². The number of benzene rings is 3. The maximum Gasteiger partial charge on any atom is 0.194 e. The molecule has 1 nitrogen and oxygen atoms in total. The molecule has 0 amide bonds. The zero-order valence-corrected chi connectivity index (χ0v) is 13.4. The Morgan fingerprint density at radius 2 is 1.65 bits per heavy atom. The van der Waals surface area contributed by atoms with Gasteiger partial charge >= 0.3 is 0 Å². The molecule has 0 unspecified atom stereocenters. The lowest BCUT2D eigenvalue weighted by Gasteiger charge is -2.06. The molecule has 0 saturated heterocycles. The first-order chi connectivity index (χ1) is 9.65. The maximum atomic E-state index is 12.6. The zero-order valence-electron chi connectivity index (χ0n) is 10.4. The second-order valence-electron chi connectivity index (χ2n) is 4.52. The van der Waals surface area contributed by atoms with Gasteiger partial charge in [-0.25, -0.2) is 0 Å². The van der Waals surface area contributed by atoms with Gasteiger partial charge in [-0.15, -0.1) is 0 Å². The first-order valence-electron chi connectivity index (χ1n) is 6.14. The first kappa shape index (κ1) is 13.6. The predicted molar refractivity (Wildman–Crippen MR) is 91.5 cm³/mol. The SMILES string of the molecule is O=C(c1ccc2ccccc2c1)c1cc(Cl)ccc1I. The van der Waals surface area contributed by atoms with Gasteiger partial charge in [-0.05, 0) is 57.6 Å². The van der Waals surface area contributed by atoms with Crippen molar-refractivity contribution >= 4 is 50.7 Å². The largest absolute Gasteiger partial charge is 0.289 e. The van der Waals surface area contributed by atoms with Gasteiger partial charge in [0.25, 0.3) is 0 Å². The first-order valence-corrected chi connectivity index (χ1v) is 7.59. The van der Waals surface area contributed by atoms with Crippen LogP contribution in [0.15, 0.2) is 60.7 Å². The molecule has 20 heavy (non-hydrogen) atoms. The van der Waals surface area contributed by atoms with Crippen LogP contribution in [0.25, 0.3) is 10.8 Å². The predicted octanol–water partition coefficient (Wildman–Crippen LogP) is 5.33. The minimum atomic E-state index is 0.00246. The standard InChI is InChI=1S/C17H10ClIO/c18-14-7-8-16(19)15(10-14)17(20)13-6-5-11-3-1-2-4-12(11)9-13/h1-10H. The summed E-state index contributed by atoms with van der Waals surface area (Å²) in [5.41, 5.74) is 1.33. The molecular weight excluding hydrogens is 383 g/mol. The van der Waals surface area contributed by atoms with Crippen molar-refractivity contribution in [2.45, 2.75) is 0 Å². The lowest BCUT2D eigenvalue weighted by molar-refractivity contribution is 0.103. The van der Waals surface area contributed by atoms with Crippen LogP contribution in [0.5, 0.6) is 0 Å². The highest BCUT2D eigenvalue weighted by Crippen LogP contribution is 2.23. The molecule has 0 aliphatic rings. The Kier molecular flexibility index (Phi) is 3.76. The van der Waals surface area contributed by atoms with Gasteiger partial charge in [0.15, 0.2) is 5.78 Å². The second kappa shape index (κ2) is 5.54. The van der Waals surface area contributed by atoms with Crippen LogP contribution in [-0.4, -0.2) is 5.78 Å². The Morgan fingerprint density at radius 1 is 0.900 bits per heavy atom. The number of carbonyl (C=O) groups excluding carboxylic acids is 1. The maximum absolute atomic E-state index is 12.6. The molecule has 0 spiro atoms. The summed E-state index contributed by atoms with van der Waals surface area (Å²) in [5.74, 6) is 0.00246. The van der Waals surface area contributed by atoms with Gasteiger partial charge in [-0.3, -0.25) is 4.79 Å².